The van der Waals surface area contributed by atoms with Crippen LogP contribution in [0.25, 0.3) is 0 Å². The molecule has 1 aromatic rings. The highest BCUT2D eigenvalue weighted by atomic mass is 32.2. The summed E-state index contributed by atoms with van der Waals surface area (Å²) in [4.78, 5) is 29.0. The van der Waals surface area contributed by atoms with Gasteiger partial charge in [-0.1, -0.05) is 25.0 Å². The largest absolute Gasteiger partial charge is 0.341 e. The second kappa shape index (κ2) is 6.63. The normalized spacial score (nSPS) is 29.6. The summed E-state index contributed by atoms with van der Waals surface area (Å²) in [5.41, 5.74) is 0.927. The summed E-state index contributed by atoms with van der Waals surface area (Å²) < 4.78 is 13.3. The van der Waals surface area contributed by atoms with E-state index in [1.165, 1.54) is 25.0 Å². The Balaban J connectivity index is 1.62. The molecule has 3 aliphatic heterocycles. The van der Waals surface area contributed by atoms with Crippen molar-refractivity contribution in [2.45, 2.75) is 49.4 Å². The quantitative estimate of drug-likeness (QED) is 0.812. The molecule has 2 amide bonds. The van der Waals surface area contributed by atoms with Gasteiger partial charge in [-0.3, -0.25) is 9.59 Å². The van der Waals surface area contributed by atoms with Gasteiger partial charge in [-0.2, -0.15) is 0 Å². The predicted octanol–water partition coefficient (Wildman–Crippen LogP) is 3.12. The fraction of sp³-hybridized carbons (Fsp3) is 0.579. The summed E-state index contributed by atoms with van der Waals surface area (Å²) in [7, 11) is 0. The number of benzene rings is 1. The minimum absolute atomic E-state index is 0.0440. The first-order chi connectivity index (χ1) is 12.1. The van der Waals surface area contributed by atoms with Crippen molar-refractivity contribution < 1.29 is 14.0 Å². The molecule has 4 nitrogen and oxygen atoms in total. The molecule has 25 heavy (non-hydrogen) atoms. The summed E-state index contributed by atoms with van der Waals surface area (Å²) in [6.45, 7) is 1.59. The number of fused-ring (bicyclic) bond motifs is 1. The van der Waals surface area contributed by atoms with Gasteiger partial charge in [0.2, 0.25) is 11.8 Å². The van der Waals surface area contributed by atoms with E-state index in [-0.39, 0.29) is 23.7 Å². The Kier molecular flexibility index (Phi) is 4.48. The molecule has 0 spiro atoms. The topological polar surface area (TPSA) is 40.6 Å². The van der Waals surface area contributed by atoms with Crippen molar-refractivity contribution in [2.75, 3.05) is 18.8 Å². The third-order valence-electron chi connectivity index (χ3n) is 5.63. The van der Waals surface area contributed by atoms with Crippen LogP contribution >= 0.6 is 11.8 Å². The molecule has 0 unspecified atom stereocenters. The number of hydrogen-bond donors (Lipinski definition) is 0. The Labute approximate surface area is 151 Å². The van der Waals surface area contributed by atoms with Crippen LogP contribution in [0.5, 0.6) is 0 Å². The molecule has 1 aromatic carbocycles. The van der Waals surface area contributed by atoms with E-state index in [4.69, 9.17) is 0 Å². The molecule has 4 rings (SSSR count). The van der Waals surface area contributed by atoms with Gasteiger partial charge in [0.05, 0.1) is 0 Å². The summed E-state index contributed by atoms with van der Waals surface area (Å²) >= 11 is 1.66. The Hall–Kier alpha value is -1.56. The smallest absolute Gasteiger partial charge is 0.246 e. The van der Waals surface area contributed by atoms with Crippen LogP contribution in [-0.4, -0.2) is 46.5 Å². The Morgan fingerprint density at radius 2 is 1.80 bits per heavy atom. The number of hydrogen-bond acceptors (Lipinski definition) is 3. The molecule has 134 valence electrons. The van der Waals surface area contributed by atoms with E-state index >= 15 is 0 Å². The lowest BCUT2D eigenvalue weighted by Gasteiger charge is -2.35. The highest BCUT2D eigenvalue weighted by Crippen LogP contribution is 2.54. The fourth-order valence-electron chi connectivity index (χ4n) is 4.34. The van der Waals surface area contributed by atoms with E-state index in [2.05, 4.69) is 0 Å². The average Bonchev–Trinajstić information content (AvgIpc) is 3.02. The molecule has 0 N–H and O–H groups in total. The number of amides is 2. The van der Waals surface area contributed by atoms with Crippen LogP contribution in [0.3, 0.4) is 0 Å². The van der Waals surface area contributed by atoms with Gasteiger partial charge < -0.3 is 9.80 Å². The fourth-order valence-corrected chi connectivity index (χ4v) is 5.98. The van der Waals surface area contributed by atoms with Gasteiger partial charge in [0.25, 0.3) is 0 Å². The van der Waals surface area contributed by atoms with Gasteiger partial charge in [0.15, 0.2) is 0 Å². The SMILES string of the molecule is O=C([C@@H]1CS[C@@]2(c3ccc(F)cc3)CCC(=O)N12)N1CCCCCC1. The molecular weight excluding hydrogens is 339 g/mol. The van der Waals surface area contributed by atoms with Crippen LogP contribution in [0.1, 0.15) is 44.1 Å². The molecule has 3 fully saturated rings. The van der Waals surface area contributed by atoms with Crippen molar-refractivity contribution in [2.24, 2.45) is 0 Å². The van der Waals surface area contributed by atoms with Gasteiger partial charge in [0, 0.05) is 25.3 Å². The van der Waals surface area contributed by atoms with Crippen LogP contribution < -0.4 is 0 Å². The summed E-state index contributed by atoms with van der Waals surface area (Å²) in [6, 6.07) is 6.01. The second-order valence-electron chi connectivity index (χ2n) is 7.12. The number of carbonyl (C=O) groups is 2. The number of halogens is 1. The van der Waals surface area contributed by atoms with Crippen LogP contribution in [0.4, 0.5) is 4.39 Å². The maximum absolute atomic E-state index is 13.3. The molecule has 3 saturated heterocycles. The molecule has 2 atom stereocenters. The number of rotatable bonds is 2. The number of nitrogens with zero attached hydrogens (tertiary/aromatic N) is 2. The van der Waals surface area contributed by atoms with Crippen molar-refractivity contribution in [3.8, 4) is 0 Å². The Morgan fingerprint density at radius 1 is 1.12 bits per heavy atom. The highest BCUT2D eigenvalue weighted by Gasteiger charge is 2.57. The third kappa shape index (κ3) is 2.84. The highest BCUT2D eigenvalue weighted by molar-refractivity contribution is 8.00. The van der Waals surface area contributed by atoms with E-state index in [0.717, 1.165) is 31.5 Å². The van der Waals surface area contributed by atoms with Gasteiger partial charge in [-0.15, -0.1) is 11.8 Å². The lowest BCUT2D eigenvalue weighted by atomic mass is 10.0. The molecule has 6 heteroatoms. The molecule has 0 aliphatic carbocycles. The molecule has 0 bridgehead atoms. The third-order valence-corrected chi connectivity index (χ3v) is 7.22. The summed E-state index contributed by atoms with van der Waals surface area (Å²) in [5.74, 6) is 0.477. The zero-order valence-electron chi connectivity index (χ0n) is 14.2. The van der Waals surface area contributed by atoms with E-state index in [9.17, 15) is 14.0 Å². The lowest BCUT2D eigenvalue weighted by molar-refractivity contribution is -0.144. The predicted molar refractivity (Wildman–Crippen MR) is 95.5 cm³/mol. The van der Waals surface area contributed by atoms with Crippen molar-refractivity contribution in [3.05, 3.63) is 35.6 Å². The molecule has 0 aromatic heterocycles. The van der Waals surface area contributed by atoms with Crippen molar-refractivity contribution in [1.82, 2.24) is 9.80 Å². The van der Waals surface area contributed by atoms with Gasteiger partial charge in [0.1, 0.15) is 16.7 Å². The Morgan fingerprint density at radius 3 is 2.48 bits per heavy atom. The minimum Gasteiger partial charge on any atom is -0.341 e. The first kappa shape index (κ1) is 16.9. The molecule has 0 saturated carbocycles. The van der Waals surface area contributed by atoms with Gasteiger partial charge >= 0.3 is 0 Å². The maximum atomic E-state index is 13.3. The van der Waals surface area contributed by atoms with E-state index in [0.29, 0.717) is 18.6 Å². The van der Waals surface area contributed by atoms with Crippen LogP contribution in [-0.2, 0) is 14.5 Å². The van der Waals surface area contributed by atoms with E-state index in [1.54, 1.807) is 28.8 Å². The molecular formula is C19H23FN2O2S. The number of likely N-dealkylation sites (tertiary alicyclic amines) is 1. The van der Waals surface area contributed by atoms with Gasteiger partial charge in [-0.25, -0.2) is 4.39 Å². The van der Waals surface area contributed by atoms with Crippen molar-refractivity contribution >= 4 is 23.6 Å². The first-order valence-electron chi connectivity index (χ1n) is 9.13. The van der Waals surface area contributed by atoms with E-state index < -0.39 is 4.87 Å². The van der Waals surface area contributed by atoms with Crippen LogP contribution in [0, 0.1) is 5.82 Å². The van der Waals surface area contributed by atoms with Crippen LogP contribution in [0.15, 0.2) is 24.3 Å². The standard InChI is InChI=1S/C19H23FN2O2S/c20-15-7-5-14(6-8-15)19-10-9-17(23)22(19)16(13-25-19)18(24)21-11-3-1-2-4-12-21/h5-8,16H,1-4,9-13H2/t16-,19+/m0/s1. The average molecular weight is 362 g/mol. The van der Waals surface area contributed by atoms with E-state index in [1.807, 2.05) is 4.90 Å². The van der Waals surface area contributed by atoms with Crippen LogP contribution in [0.2, 0.25) is 0 Å². The molecule has 0 radical (unpaired) electrons. The van der Waals surface area contributed by atoms with Gasteiger partial charge in [-0.05, 0) is 37.0 Å². The molecule has 3 heterocycles. The Bertz CT molecular complexity index is 673. The maximum Gasteiger partial charge on any atom is 0.246 e. The number of thioether (sulfide) groups is 1. The summed E-state index contributed by atoms with van der Waals surface area (Å²) in [6.07, 6.45) is 5.57. The monoisotopic (exact) mass is 362 g/mol. The number of carbonyl (C=O) groups excluding carboxylic acids is 2. The zero-order chi connectivity index (χ0) is 17.4. The van der Waals surface area contributed by atoms with Crippen molar-refractivity contribution in [1.29, 1.82) is 0 Å². The van der Waals surface area contributed by atoms with Crippen molar-refractivity contribution in [3.63, 3.8) is 0 Å². The zero-order valence-corrected chi connectivity index (χ0v) is 15.1. The summed E-state index contributed by atoms with van der Waals surface area (Å²) in [5, 5.41) is 0. The first-order valence-corrected chi connectivity index (χ1v) is 10.1. The minimum atomic E-state index is -0.503. The molecule has 3 aliphatic rings. The second-order valence-corrected chi connectivity index (χ2v) is 8.42. The lowest BCUT2D eigenvalue weighted by Crippen LogP contribution is -2.51.